The molecule has 1 aromatic rings. The Morgan fingerprint density at radius 3 is 2.81 bits per heavy atom. The number of benzene rings is 1. The van der Waals surface area contributed by atoms with Crippen LogP contribution in [0.5, 0.6) is 5.75 Å². The van der Waals surface area contributed by atoms with Gasteiger partial charge in [0.15, 0.2) is 0 Å². The third-order valence-electron chi connectivity index (χ3n) is 3.85. The van der Waals surface area contributed by atoms with Crippen molar-refractivity contribution in [1.82, 2.24) is 5.32 Å². The lowest BCUT2D eigenvalue weighted by molar-refractivity contribution is 0.00109. The monoisotopic (exact) mass is 297 g/mol. The van der Waals surface area contributed by atoms with Crippen LogP contribution in [0.15, 0.2) is 18.2 Å². The average Bonchev–Trinajstić information content (AvgIpc) is 2.90. The Bertz CT molecular complexity index is 447. The van der Waals surface area contributed by atoms with E-state index in [1.807, 2.05) is 0 Å². The van der Waals surface area contributed by atoms with Crippen molar-refractivity contribution in [2.75, 3.05) is 26.9 Å². The van der Waals surface area contributed by atoms with Crippen LogP contribution in [0.3, 0.4) is 0 Å². The SMILES string of the molecule is COCCNCc1cc(F)ccc1OCC1(O)CCCC1. The fourth-order valence-corrected chi connectivity index (χ4v) is 2.61. The molecule has 118 valence electrons. The largest absolute Gasteiger partial charge is 0.490 e. The van der Waals surface area contributed by atoms with E-state index in [1.165, 1.54) is 12.1 Å². The summed E-state index contributed by atoms with van der Waals surface area (Å²) in [4.78, 5) is 0. The van der Waals surface area contributed by atoms with Crippen molar-refractivity contribution in [1.29, 1.82) is 0 Å². The highest BCUT2D eigenvalue weighted by Gasteiger charge is 2.32. The fourth-order valence-electron chi connectivity index (χ4n) is 2.61. The molecule has 1 fully saturated rings. The Hall–Kier alpha value is -1.17. The van der Waals surface area contributed by atoms with Crippen LogP contribution in [-0.2, 0) is 11.3 Å². The first-order valence-corrected chi connectivity index (χ1v) is 7.46. The lowest BCUT2D eigenvalue weighted by atomic mass is 10.0. The van der Waals surface area contributed by atoms with Crippen LogP contribution in [0, 0.1) is 5.82 Å². The van der Waals surface area contributed by atoms with E-state index in [4.69, 9.17) is 9.47 Å². The van der Waals surface area contributed by atoms with Gasteiger partial charge in [-0.05, 0) is 31.0 Å². The molecule has 0 bridgehead atoms. The number of nitrogens with one attached hydrogen (secondary N) is 1. The summed E-state index contributed by atoms with van der Waals surface area (Å²) in [6.07, 6.45) is 3.62. The molecule has 0 amide bonds. The van der Waals surface area contributed by atoms with Gasteiger partial charge in [-0.3, -0.25) is 0 Å². The summed E-state index contributed by atoms with van der Waals surface area (Å²) < 4.78 is 24.1. The third kappa shape index (κ3) is 4.95. The van der Waals surface area contributed by atoms with E-state index >= 15 is 0 Å². The van der Waals surface area contributed by atoms with E-state index in [0.29, 0.717) is 25.4 Å². The number of aliphatic hydroxyl groups is 1. The highest BCUT2D eigenvalue weighted by atomic mass is 19.1. The molecule has 1 aliphatic rings. The predicted octanol–water partition coefficient (Wildman–Crippen LogP) is 2.25. The van der Waals surface area contributed by atoms with Crippen molar-refractivity contribution in [2.45, 2.75) is 37.8 Å². The summed E-state index contributed by atoms with van der Waals surface area (Å²) in [6, 6.07) is 4.47. The van der Waals surface area contributed by atoms with Gasteiger partial charge in [0.05, 0.1) is 12.2 Å². The molecule has 2 N–H and O–H groups in total. The Balaban J connectivity index is 1.94. The molecule has 21 heavy (non-hydrogen) atoms. The Labute approximate surface area is 125 Å². The maximum atomic E-state index is 13.4. The summed E-state index contributed by atoms with van der Waals surface area (Å²) in [5.74, 6) is 0.340. The van der Waals surface area contributed by atoms with Crippen LogP contribution < -0.4 is 10.1 Å². The molecule has 0 unspecified atom stereocenters. The normalized spacial score (nSPS) is 17.1. The Morgan fingerprint density at radius 2 is 2.10 bits per heavy atom. The van der Waals surface area contributed by atoms with E-state index in [1.54, 1.807) is 13.2 Å². The molecule has 1 saturated carbocycles. The van der Waals surface area contributed by atoms with Gasteiger partial charge in [-0.1, -0.05) is 12.8 Å². The zero-order valence-electron chi connectivity index (χ0n) is 12.5. The molecule has 1 aromatic carbocycles. The van der Waals surface area contributed by atoms with Crippen molar-refractivity contribution in [3.63, 3.8) is 0 Å². The Kier molecular flexibility index (Phi) is 5.96. The van der Waals surface area contributed by atoms with Gasteiger partial charge in [0.25, 0.3) is 0 Å². The minimum absolute atomic E-state index is 0.268. The van der Waals surface area contributed by atoms with Gasteiger partial charge in [-0.25, -0.2) is 4.39 Å². The van der Waals surface area contributed by atoms with Gasteiger partial charge in [0, 0.05) is 25.8 Å². The van der Waals surface area contributed by atoms with Crippen molar-refractivity contribution in [3.05, 3.63) is 29.6 Å². The first-order chi connectivity index (χ1) is 10.1. The number of methoxy groups -OCH3 is 1. The molecular formula is C16H24FNO3. The molecule has 0 heterocycles. The van der Waals surface area contributed by atoms with Gasteiger partial charge >= 0.3 is 0 Å². The summed E-state index contributed by atoms with van der Waals surface area (Å²) in [7, 11) is 1.64. The predicted molar refractivity (Wildman–Crippen MR) is 78.9 cm³/mol. The van der Waals surface area contributed by atoms with Crippen molar-refractivity contribution < 1.29 is 19.0 Å². The van der Waals surface area contributed by atoms with Crippen molar-refractivity contribution in [3.8, 4) is 5.75 Å². The maximum absolute atomic E-state index is 13.4. The number of hydrogen-bond acceptors (Lipinski definition) is 4. The van der Waals surface area contributed by atoms with Crippen molar-refractivity contribution in [2.24, 2.45) is 0 Å². The number of halogens is 1. The number of hydrogen-bond donors (Lipinski definition) is 2. The smallest absolute Gasteiger partial charge is 0.124 e. The molecule has 5 heteroatoms. The third-order valence-corrected chi connectivity index (χ3v) is 3.85. The van der Waals surface area contributed by atoms with Gasteiger partial charge in [0.2, 0.25) is 0 Å². The average molecular weight is 297 g/mol. The van der Waals surface area contributed by atoms with Gasteiger partial charge in [0.1, 0.15) is 18.2 Å². The second-order valence-electron chi connectivity index (χ2n) is 5.64. The van der Waals surface area contributed by atoms with Crippen LogP contribution >= 0.6 is 0 Å². The first-order valence-electron chi connectivity index (χ1n) is 7.46. The van der Waals surface area contributed by atoms with Crippen LogP contribution in [0.2, 0.25) is 0 Å². The fraction of sp³-hybridized carbons (Fsp3) is 0.625. The second-order valence-corrected chi connectivity index (χ2v) is 5.64. The lowest BCUT2D eigenvalue weighted by Gasteiger charge is -2.23. The lowest BCUT2D eigenvalue weighted by Crippen LogP contribution is -2.32. The first kappa shape index (κ1) is 16.2. The van der Waals surface area contributed by atoms with Crippen LogP contribution in [0.1, 0.15) is 31.2 Å². The quantitative estimate of drug-likeness (QED) is 0.723. The van der Waals surface area contributed by atoms with Crippen LogP contribution in [-0.4, -0.2) is 37.6 Å². The molecular weight excluding hydrogens is 273 g/mol. The topological polar surface area (TPSA) is 50.7 Å². The summed E-state index contributed by atoms with van der Waals surface area (Å²) in [5.41, 5.74) is 0.0301. The van der Waals surface area contributed by atoms with E-state index in [2.05, 4.69) is 5.32 Å². The van der Waals surface area contributed by atoms with E-state index < -0.39 is 5.60 Å². The minimum Gasteiger partial charge on any atom is -0.490 e. The molecule has 2 rings (SSSR count). The van der Waals surface area contributed by atoms with Gasteiger partial charge in [-0.15, -0.1) is 0 Å². The van der Waals surface area contributed by atoms with Crippen molar-refractivity contribution >= 4 is 0 Å². The molecule has 0 saturated heterocycles. The summed E-state index contributed by atoms with van der Waals surface area (Å²) >= 11 is 0. The van der Waals surface area contributed by atoms with Crippen LogP contribution in [0.25, 0.3) is 0 Å². The molecule has 1 aliphatic carbocycles. The highest BCUT2D eigenvalue weighted by Crippen LogP contribution is 2.30. The standard InChI is InChI=1S/C16H24FNO3/c1-20-9-8-18-11-13-10-14(17)4-5-15(13)21-12-16(19)6-2-3-7-16/h4-5,10,18-19H,2-3,6-9,11-12H2,1H3. The maximum Gasteiger partial charge on any atom is 0.124 e. The van der Waals surface area contributed by atoms with E-state index in [-0.39, 0.29) is 12.4 Å². The molecule has 0 spiro atoms. The Morgan fingerprint density at radius 1 is 1.33 bits per heavy atom. The second kappa shape index (κ2) is 7.73. The highest BCUT2D eigenvalue weighted by molar-refractivity contribution is 5.34. The zero-order valence-corrected chi connectivity index (χ0v) is 12.5. The van der Waals surface area contributed by atoms with Gasteiger partial charge < -0.3 is 19.9 Å². The van der Waals surface area contributed by atoms with E-state index in [0.717, 1.165) is 31.2 Å². The zero-order chi connectivity index (χ0) is 15.1. The summed E-state index contributed by atoms with van der Waals surface area (Å²) in [5, 5.41) is 13.5. The minimum atomic E-state index is -0.727. The van der Waals surface area contributed by atoms with Gasteiger partial charge in [-0.2, -0.15) is 0 Å². The molecule has 4 nitrogen and oxygen atoms in total. The molecule has 0 aromatic heterocycles. The van der Waals surface area contributed by atoms with Crippen LogP contribution in [0.4, 0.5) is 4.39 Å². The molecule has 0 radical (unpaired) electrons. The summed E-state index contributed by atoms with van der Waals surface area (Å²) in [6.45, 7) is 2.07. The molecule has 0 aliphatic heterocycles. The number of rotatable bonds is 8. The number of ether oxygens (including phenoxy) is 2. The van der Waals surface area contributed by atoms with E-state index in [9.17, 15) is 9.50 Å². The molecule has 0 atom stereocenters.